The van der Waals surface area contributed by atoms with E-state index < -0.39 is 0 Å². The van der Waals surface area contributed by atoms with Gasteiger partial charge >= 0.3 is 0 Å². The molecule has 0 saturated carbocycles. The van der Waals surface area contributed by atoms with Crippen molar-refractivity contribution >= 4 is 52.2 Å². The summed E-state index contributed by atoms with van der Waals surface area (Å²) in [7, 11) is 0. The fourth-order valence-corrected chi connectivity index (χ4v) is 2.83. The van der Waals surface area contributed by atoms with Gasteiger partial charge in [0.25, 0.3) is 5.91 Å². The molecule has 0 unspecified atom stereocenters. The van der Waals surface area contributed by atoms with Gasteiger partial charge in [-0.1, -0.05) is 34.8 Å². The molecule has 0 aliphatic heterocycles. The molecule has 0 aliphatic carbocycles. The van der Waals surface area contributed by atoms with Crippen LogP contribution in [0.2, 0.25) is 15.1 Å². The third-order valence-electron chi connectivity index (χ3n) is 3.20. The van der Waals surface area contributed by atoms with Gasteiger partial charge in [-0.25, -0.2) is 0 Å². The molecular weight excluding hydrogens is 373 g/mol. The lowest BCUT2D eigenvalue weighted by molar-refractivity contribution is -0.118. The highest BCUT2D eigenvalue weighted by Gasteiger charge is 2.16. The third-order valence-corrected chi connectivity index (χ3v) is 3.93. The third kappa shape index (κ3) is 4.63. The minimum atomic E-state index is -0.388. The second kappa shape index (κ2) is 7.88. The first kappa shape index (κ1) is 18.6. The number of ether oxygens (including phenoxy) is 1. The number of rotatable bonds is 5. The topological polar surface area (TPSA) is 55.4 Å². The average Bonchev–Trinajstić information content (AvgIpc) is 2.48. The maximum Gasteiger partial charge on any atom is 0.262 e. The normalized spacial score (nSPS) is 10.4. The fraction of sp³-hybridized carbons (Fsp3) is 0.176. The van der Waals surface area contributed by atoms with Gasteiger partial charge in [0.2, 0.25) is 0 Å². The molecule has 126 valence electrons. The molecule has 0 aromatic heterocycles. The Kier molecular flexibility index (Phi) is 6.10. The molecule has 0 heterocycles. The molecule has 2 rings (SSSR count). The van der Waals surface area contributed by atoms with E-state index in [-0.39, 0.29) is 34.6 Å². The molecule has 4 nitrogen and oxygen atoms in total. The average molecular weight is 387 g/mol. The van der Waals surface area contributed by atoms with Crippen LogP contribution in [-0.2, 0) is 4.79 Å². The van der Waals surface area contributed by atoms with Gasteiger partial charge in [-0.05, 0) is 49.7 Å². The summed E-state index contributed by atoms with van der Waals surface area (Å²) >= 11 is 17.8. The molecule has 0 fully saturated rings. The summed E-state index contributed by atoms with van der Waals surface area (Å²) < 4.78 is 5.43. The number of ketones is 1. The van der Waals surface area contributed by atoms with Crippen molar-refractivity contribution in [3.63, 3.8) is 0 Å². The van der Waals surface area contributed by atoms with Gasteiger partial charge in [-0.15, -0.1) is 0 Å². The zero-order valence-electron chi connectivity index (χ0n) is 13.0. The van der Waals surface area contributed by atoms with Gasteiger partial charge < -0.3 is 10.1 Å². The number of amides is 1. The van der Waals surface area contributed by atoms with E-state index in [2.05, 4.69) is 5.32 Å². The van der Waals surface area contributed by atoms with E-state index in [4.69, 9.17) is 39.5 Å². The van der Waals surface area contributed by atoms with Crippen LogP contribution in [0.5, 0.6) is 5.75 Å². The van der Waals surface area contributed by atoms with Gasteiger partial charge in [0, 0.05) is 15.7 Å². The highest BCUT2D eigenvalue weighted by atomic mass is 35.5. The van der Waals surface area contributed by atoms with Crippen LogP contribution >= 0.6 is 34.8 Å². The SMILES string of the molecule is CC(=O)c1cc(Cl)cc(Cl)c1OCC(=O)Nc1ccc(Cl)cc1C. The highest BCUT2D eigenvalue weighted by molar-refractivity contribution is 6.36. The van der Waals surface area contributed by atoms with Crippen LogP contribution in [0.3, 0.4) is 0 Å². The van der Waals surface area contributed by atoms with Crippen LogP contribution < -0.4 is 10.1 Å². The fourth-order valence-electron chi connectivity index (χ4n) is 2.06. The monoisotopic (exact) mass is 385 g/mol. The minimum Gasteiger partial charge on any atom is -0.481 e. The molecular formula is C17H14Cl3NO3. The number of hydrogen-bond donors (Lipinski definition) is 1. The van der Waals surface area contributed by atoms with Gasteiger partial charge in [0.05, 0.1) is 10.6 Å². The smallest absolute Gasteiger partial charge is 0.262 e. The molecule has 0 atom stereocenters. The van der Waals surface area contributed by atoms with Crippen LogP contribution in [0.25, 0.3) is 0 Å². The molecule has 2 aromatic rings. The van der Waals surface area contributed by atoms with Gasteiger partial charge in [-0.2, -0.15) is 0 Å². The predicted molar refractivity (Wildman–Crippen MR) is 96.8 cm³/mol. The molecule has 0 saturated heterocycles. The number of nitrogens with one attached hydrogen (secondary N) is 1. The summed E-state index contributed by atoms with van der Waals surface area (Å²) in [5.41, 5.74) is 1.68. The second-order valence-electron chi connectivity index (χ2n) is 5.12. The van der Waals surface area contributed by atoms with Crippen molar-refractivity contribution < 1.29 is 14.3 Å². The Morgan fingerprint density at radius 1 is 1.08 bits per heavy atom. The Balaban J connectivity index is 2.10. The van der Waals surface area contributed by atoms with Crippen molar-refractivity contribution in [2.75, 3.05) is 11.9 Å². The molecule has 7 heteroatoms. The van der Waals surface area contributed by atoms with Crippen LogP contribution in [0, 0.1) is 6.92 Å². The summed E-state index contributed by atoms with van der Waals surface area (Å²) in [6.07, 6.45) is 0. The number of carbonyl (C=O) groups is 2. The predicted octanol–water partition coefficient (Wildman–Crippen LogP) is 5.18. The first-order chi connectivity index (χ1) is 11.3. The van der Waals surface area contributed by atoms with Crippen LogP contribution in [0.4, 0.5) is 5.69 Å². The van der Waals surface area contributed by atoms with E-state index in [1.165, 1.54) is 19.1 Å². The zero-order chi connectivity index (χ0) is 17.9. The van der Waals surface area contributed by atoms with Crippen molar-refractivity contribution in [3.8, 4) is 5.75 Å². The lowest BCUT2D eigenvalue weighted by Gasteiger charge is -2.13. The molecule has 24 heavy (non-hydrogen) atoms. The van der Waals surface area contributed by atoms with E-state index in [0.717, 1.165) is 5.56 Å². The van der Waals surface area contributed by atoms with Gasteiger partial charge in [-0.3, -0.25) is 9.59 Å². The van der Waals surface area contributed by atoms with E-state index in [0.29, 0.717) is 15.7 Å². The Labute approximate surface area is 154 Å². The number of anilines is 1. The van der Waals surface area contributed by atoms with Gasteiger partial charge in [0.15, 0.2) is 12.4 Å². The molecule has 0 radical (unpaired) electrons. The molecule has 2 aromatic carbocycles. The maximum absolute atomic E-state index is 12.1. The van der Waals surface area contributed by atoms with E-state index in [9.17, 15) is 9.59 Å². The van der Waals surface area contributed by atoms with Crippen molar-refractivity contribution in [1.29, 1.82) is 0 Å². The van der Waals surface area contributed by atoms with E-state index in [1.54, 1.807) is 18.2 Å². The van der Waals surface area contributed by atoms with Crippen molar-refractivity contribution in [3.05, 3.63) is 56.5 Å². The zero-order valence-corrected chi connectivity index (χ0v) is 15.2. The maximum atomic E-state index is 12.1. The standard InChI is InChI=1S/C17H14Cl3NO3/c1-9-5-11(18)3-4-15(9)21-16(23)8-24-17-13(10(2)22)6-12(19)7-14(17)20/h3-7H,8H2,1-2H3,(H,21,23). The Morgan fingerprint density at radius 3 is 2.42 bits per heavy atom. The first-order valence-corrected chi connectivity index (χ1v) is 8.10. The Morgan fingerprint density at radius 2 is 1.79 bits per heavy atom. The molecule has 0 aliphatic rings. The largest absolute Gasteiger partial charge is 0.481 e. The summed E-state index contributed by atoms with van der Waals surface area (Å²) in [6, 6.07) is 8.02. The molecule has 0 bridgehead atoms. The lowest BCUT2D eigenvalue weighted by atomic mass is 10.1. The number of halogens is 3. The highest BCUT2D eigenvalue weighted by Crippen LogP contribution is 2.32. The first-order valence-electron chi connectivity index (χ1n) is 6.96. The number of benzene rings is 2. The quantitative estimate of drug-likeness (QED) is 0.721. The van der Waals surface area contributed by atoms with Crippen molar-refractivity contribution in [2.45, 2.75) is 13.8 Å². The van der Waals surface area contributed by atoms with Crippen molar-refractivity contribution in [1.82, 2.24) is 0 Å². The van der Waals surface area contributed by atoms with Gasteiger partial charge in [0.1, 0.15) is 5.75 Å². The molecule has 0 spiro atoms. The number of carbonyl (C=O) groups excluding carboxylic acids is 2. The lowest BCUT2D eigenvalue weighted by Crippen LogP contribution is -2.21. The van der Waals surface area contributed by atoms with Crippen molar-refractivity contribution in [2.24, 2.45) is 0 Å². The minimum absolute atomic E-state index is 0.136. The molecule has 1 amide bonds. The second-order valence-corrected chi connectivity index (χ2v) is 6.40. The molecule has 1 N–H and O–H groups in total. The van der Waals surface area contributed by atoms with E-state index in [1.807, 2.05) is 6.92 Å². The number of aryl methyl sites for hydroxylation is 1. The summed E-state index contributed by atoms with van der Waals surface area (Å²) in [4.78, 5) is 23.7. The van der Waals surface area contributed by atoms with Crippen LogP contribution in [-0.4, -0.2) is 18.3 Å². The van der Waals surface area contributed by atoms with E-state index >= 15 is 0 Å². The Hall–Kier alpha value is -1.75. The summed E-state index contributed by atoms with van der Waals surface area (Å²) in [5, 5.41) is 3.78. The van der Waals surface area contributed by atoms with Crippen LogP contribution in [0.1, 0.15) is 22.8 Å². The summed E-state index contributed by atoms with van der Waals surface area (Å²) in [5.74, 6) is -0.513. The Bertz CT molecular complexity index is 806. The summed E-state index contributed by atoms with van der Waals surface area (Å²) in [6.45, 7) is 2.89. The number of Topliss-reactive ketones (excluding diaryl/α,β-unsaturated/α-hetero) is 1. The van der Waals surface area contributed by atoms with Crippen LogP contribution in [0.15, 0.2) is 30.3 Å². The number of hydrogen-bond acceptors (Lipinski definition) is 3.